The molecule has 0 saturated heterocycles. The Morgan fingerprint density at radius 2 is 0.941 bits per heavy atom. The molecule has 0 fully saturated rings. The number of rotatable bonds is 6. The van der Waals surface area contributed by atoms with Gasteiger partial charge in [0.05, 0.1) is 5.41 Å². The largest absolute Gasteiger partial charge is 0.456 e. The lowest BCUT2D eigenvalue weighted by molar-refractivity contribution is 0.668. The molecule has 240 valence electrons. The maximum atomic E-state index is 6.33. The van der Waals surface area contributed by atoms with Crippen LogP contribution in [-0.2, 0) is 5.41 Å². The molecule has 0 N–H and O–H groups in total. The number of hydrogen-bond donors (Lipinski definition) is 0. The highest BCUT2D eigenvalue weighted by atomic mass is 16.3. The summed E-state index contributed by atoms with van der Waals surface area (Å²) in [5, 5.41) is 2.26. The second kappa shape index (κ2) is 11.8. The molecule has 1 unspecified atom stereocenters. The lowest BCUT2D eigenvalue weighted by Crippen LogP contribution is -2.28. The van der Waals surface area contributed by atoms with Crippen LogP contribution >= 0.6 is 0 Å². The van der Waals surface area contributed by atoms with Crippen molar-refractivity contribution in [1.82, 2.24) is 0 Å². The van der Waals surface area contributed by atoms with Crippen LogP contribution in [0.2, 0.25) is 0 Å². The lowest BCUT2D eigenvalue weighted by atomic mass is 9.67. The normalized spacial score (nSPS) is 14.7. The second-order valence-corrected chi connectivity index (χ2v) is 13.3. The van der Waals surface area contributed by atoms with Crippen LogP contribution in [0.15, 0.2) is 205 Å². The number of fused-ring (bicyclic) bond motifs is 6. The summed E-state index contributed by atoms with van der Waals surface area (Å²) >= 11 is 0. The molecule has 51 heavy (non-hydrogen) atoms. The van der Waals surface area contributed by atoms with Crippen molar-refractivity contribution in [2.75, 3.05) is 4.90 Å². The van der Waals surface area contributed by atoms with Crippen LogP contribution in [0.3, 0.4) is 0 Å². The Morgan fingerprint density at radius 3 is 1.75 bits per heavy atom. The van der Waals surface area contributed by atoms with Crippen LogP contribution in [0, 0.1) is 0 Å². The van der Waals surface area contributed by atoms with Crippen LogP contribution in [0.4, 0.5) is 17.1 Å². The molecule has 8 aromatic carbocycles. The number of hydrogen-bond acceptors (Lipinski definition) is 2. The lowest BCUT2D eigenvalue weighted by Gasteiger charge is -2.35. The van der Waals surface area contributed by atoms with Gasteiger partial charge in [0.2, 0.25) is 0 Å². The average molecular weight is 652 g/mol. The van der Waals surface area contributed by atoms with Gasteiger partial charge in [-0.05, 0) is 99.1 Å². The van der Waals surface area contributed by atoms with E-state index < -0.39 is 5.41 Å². The Balaban J connectivity index is 1.23. The standard InChI is InChI=1S/C49H33NO/c1-4-14-34(15-5-1)35-24-27-39(28-25-35)50(38-18-8-3-9-19-38)40-29-30-42-41-20-10-12-22-45(41)49(46(42)33-40,36-16-6-2-7-17-36)37-26-31-48-44(32-37)43-21-11-13-23-47(43)51-48/h1-33H. The highest BCUT2D eigenvalue weighted by Gasteiger charge is 2.46. The Morgan fingerprint density at radius 1 is 0.353 bits per heavy atom. The molecule has 1 aliphatic rings. The van der Waals surface area contributed by atoms with Crippen LogP contribution in [0.5, 0.6) is 0 Å². The van der Waals surface area contributed by atoms with Crippen molar-refractivity contribution in [3.8, 4) is 22.3 Å². The Bertz CT molecular complexity index is 2680. The van der Waals surface area contributed by atoms with E-state index in [1.54, 1.807) is 0 Å². The third kappa shape index (κ3) is 4.57. The van der Waals surface area contributed by atoms with E-state index in [4.69, 9.17) is 4.42 Å². The van der Waals surface area contributed by atoms with E-state index in [2.05, 4.69) is 199 Å². The SMILES string of the molecule is c1ccc(-c2ccc(N(c3ccccc3)c3ccc4c(c3)C(c3ccccc3)(c3ccc5oc6ccccc6c5c3)c3ccccc3-4)cc2)cc1. The van der Waals surface area contributed by atoms with Crippen LogP contribution in [0.1, 0.15) is 22.3 Å². The van der Waals surface area contributed by atoms with Gasteiger partial charge in [-0.2, -0.15) is 0 Å². The van der Waals surface area contributed by atoms with Gasteiger partial charge in [-0.1, -0.05) is 146 Å². The van der Waals surface area contributed by atoms with Crippen LogP contribution < -0.4 is 4.90 Å². The van der Waals surface area contributed by atoms with Crippen molar-refractivity contribution in [1.29, 1.82) is 0 Å². The molecule has 2 heteroatoms. The van der Waals surface area contributed by atoms with Gasteiger partial charge < -0.3 is 9.32 Å². The molecule has 1 atom stereocenters. The summed E-state index contributed by atoms with van der Waals surface area (Å²) in [6.45, 7) is 0. The summed E-state index contributed by atoms with van der Waals surface area (Å²) in [6.07, 6.45) is 0. The van der Waals surface area contributed by atoms with E-state index in [1.807, 2.05) is 6.07 Å². The molecule has 0 aliphatic heterocycles. The van der Waals surface area contributed by atoms with E-state index in [-0.39, 0.29) is 0 Å². The molecule has 0 saturated carbocycles. The van der Waals surface area contributed by atoms with E-state index in [0.717, 1.165) is 39.0 Å². The summed E-state index contributed by atoms with van der Waals surface area (Å²) < 4.78 is 6.33. The molecule has 9 aromatic rings. The maximum Gasteiger partial charge on any atom is 0.135 e. The number of benzene rings is 8. The minimum absolute atomic E-state index is 0.560. The van der Waals surface area contributed by atoms with Crippen LogP contribution in [0.25, 0.3) is 44.2 Å². The molecule has 2 nitrogen and oxygen atoms in total. The number of para-hydroxylation sites is 2. The molecule has 0 amide bonds. The molecule has 1 heterocycles. The molecule has 1 aliphatic carbocycles. The highest BCUT2D eigenvalue weighted by molar-refractivity contribution is 6.05. The third-order valence-electron chi connectivity index (χ3n) is 10.6. The molecule has 0 bridgehead atoms. The van der Waals surface area contributed by atoms with Gasteiger partial charge >= 0.3 is 0 Å². The topological polar surface area (TPSA) is 16.4 Å². The zero-order chi connectivity index (χ0) is 33.8. The van der Waals surface area contributed by atoms with Crippen molar-refractivity contribution in [3.05, 3.63) is 222 Å². The first-order valence-electron chi connectivity index (χ1n) is 17.5. The number of anilines is 3. The average Bonchev–Trinajstić information content (AvgIpc) is 3.73. The highest BCUT2D eigenvalue weighted by Crippen LogP contribution is 2.57. The summed E-state index contributed by atoms with van der Waals surface area (Å²) in [5.41, 5.74) is 14.5. The summed E-state index contributed by atoms with van der Waals surface area (Å²) in [7, 11) is 0. The Hall–Kier alpha value is -6.64. The van der Waals surface area contributed by atoms with Gasteiger partial charge in [0, 0.05) is 27.8 Å². The summed E-state index contributed by atoms with van der Waals surface area (Å²) in [5.74, 6) is 0. The Kier molecular flexibility index (Phi) is 6.75. The maximum absolute atomic E-state index is 6.33. The predicted octanol–water partition coefficient (Wildman–Crippen LogP) is 13.1. The first kappa shape index (κ1) is 29.3. The smallest absolute Gasteiger partial charge is 0.135 e. The van der Waals surface area contributed by atoms with E-state index in [1.165, 1.54) is 44.5 Å². The van der Waals surface area contributed by atoms with Gasteiger partial charge in [0.1, 0.15) is 11.2 Å². The first-order chi connectivity index (χ1) is 25.3. The van der Waals surface area contributed by atoms with Gasteiger partial charge in [-0.3, -0.25) is 0 Å². The minimum atomic E-state index is -0.560. The molecule has 0 radical (unpaired) electrons. The fraction of sp³-hybridized carbons (Fsp3) is 0.0204. The number of furan rings is 1. The van der Waals surface area contributed by atoms with Crippen molar-refractivity contribution in [3.63, 3.8) is 0 Å². The fourth-order valence-corrected chi connectivity index (χ4v) is 8.30. The summed E-state index contributed by atoms with van der Waals surface area (Å²) in [4.78, 5) is 2.38. The second-order valence-electron chi connectivity index (χ2n) is 13.3. The zero-order valence-corrected chi connectivity index (χ0v) is 27.9. The van der Waals surface area contributed by atoms with E-state index in [9.17, 15) is 0 Å². The molecule has 10 rings (SSSR count). The first-order valence-corrected chi connectivity index (χ1v) is 17.5. The Labute approximate surface area is 297 Å². The molecule has 1 aromatic heterocycles. The van der Waals surface area contributed by atoms with E-state index >= 15 is 0 Å². The van der Waals surface area contributed by atoms with E-state index in [0.29, 0.717) is 0 Å². The van der Waals surface area contributed by atoms with Gasteiger partial charge in [-0.15, -0.1) is 0 Å². The monoisotopic (exact) mass is 651 g/mol. The summed E-state index contributed by atoms with van der Waals surface area (Å²) in [6, 6.07) is 72.3. The quantitative estimate of drug-likeness (QED) is 0.178. The molecular weight excluding hydrogens is 619 g/mol. The van der Waals surface area contributed by atoms with Gasteiger partial charge in [0.15, 0.2) is 0 Å². The van der Waals surface area contributed by atoms with Crippen molar-refractivity contribution in [2.24, 2.45) is 0 Å². The predicted molar refractivity (Wildman–Crippen MR) is 211 cm³/mol. The van der Waals surface area contributed by atoms with Gasteiger partial charge in [0.25, 0.3) is 0 Å². The third-order valence-corrected chi connectivity index (χ3v) is 10.6. The molecule has 0 spiro atoms. The number of nitrogens with zero attached hydrogens (tertiary/aromatic N) is 1. The fourth-order valence-electron chi connectivity index (χ4n) is 8.30. The van der Waals surface area contributed by atoms with Crippen molar-refractivity contribution in [2.45, 2.75) is 5.41 Å². The minimum Gasteiger partial charge on any atom is -0.456 e. The van der Waals surface area contributed by atoms with Gasteiger partial charge in [-0.25, -0.2) is 0 Å². The molecular formula is C49H33NO. The van der Waals surface area contributed by atoms with Crippen LogP contribution in [-0.4, -0.2) is 0 Å². The van der Waals surface area contributed by atoms with Crippen molar-refractivity contribution >= 4 is 39.0 Å². The van der Waals surface area contributed by atoms with Crippen molar-refractivity contribution < 1.29 is 4.42 Å². The zero-order valence-electron chi connectivity index (χ0n) is 27.9.